The number of nitrogens with one attached hydrogen (secondary N) is 1. The number of hydrogen-bond acceptors (Lipinski definition) is 3. The van der Waals surface area contributed by atoms with Crippen LogP contribution in [0.3, 0.4) is 0 Å². The van der Waals surface area contributed by atoms with Gasteiger partial charge in [-0.15, -0.1) is 0 Å². The van der Waals surface area contributed by atoms with Crippen LogP contribution in [0.15, 0.2) is 0 Å². The molecule has 4 heteroatoms. The van der Waals surface area contributed by atoms with E-state index in [1.165, 1.54) is 32.2 Å². The first kappa shape index (κ1) is 15.3. The Bertz CT molecular complexity index is 351. The lowest BCUT2D eigenvalue weighted by Crippen LogP contribution is -2.50. The van der Waals surface area contributed by atoms with Crippen molar-refractivity contribution in [1.29, 1.82) is 0 Å². The Morgan fingerprint density at radius 3 is 2.29 bits per heavy atom. The molecule has 120 valence electrons. The number of amides is 1. The highest BCUT2D eigenvalue weighted by molar-refractivity contribution is 5.76. The van der Waals surface area contributed by atoms with Gasteiger partial charge in [-0.3, -0.25) is 9.69 Å². The third-order valence-electron chi connectivity index (χ3n) is 5.38. The molecule has 3 rings (SSSR count). The maximum Gasteiger partial charge on any atom is 0.222 e. The van der Waals surface area contributed by atoms with Crippen molar-refractivity contribution in [1.82, 2.24) is 15.1 Å². The number of piperidine rings is 1. The standard InChI is InChI=1S/C17H31N3O/c1-13(2)12-19-5-7-20(8-6-19)17(21)11-14-9-15-3-4-16(10-14)18-15/h13-16,18H,3-12H2,1-2H3. The van der Waals surface area contributed by atoms with Gasteiger partial charge < -0.3 is 10.2 Å². The van der Waals surface area contributed by atoms with Gasteiger partial charge in [0.15, 0.2) is 0 Å². The zero-order valence-electron chi connectivity index (χ0n) is 13.7. The Labute approximate surface area is 129 Å². The lowest BCUT2D eigenvalue weighted by molar-refractivity contribution is -0.134. The van der Waals surface area contributed by atoms with Crippen LogP contribution in [-0.2, 0) is 4.79 Å². The van der Waals surface area contributed by atoms with Crippen LogP contribution >= 0.6 is 0 Å². The molecule has 0 aromatic heterocycles. The molecule has 4 nitrogen and oxygen atoms in total. The molecule has 0 saturated carbocycles. The van der Waals surface area contributed by atoms with Gasteiger partial charge in [-0.1, -0.05) is 13.8 Å². The molecule has 2 atom stereocenters. The molecule has 0 radical (unpaired) electrons. The molecule has 3 aliphatic heterocycles. The third-order valence-corrected chi connectivity index (χ3v) is 5.38. The Morgan fingerprint density at radius 1 is 1.10 bits per heavy atom. The highest BCUT2D eigenvalue weighted by Gasteiger charge is 2.35. The zero-order chi connectivity index (χ0) is 14.8. The number of fused-ring (bicyclic) bond motifs is 2. The van der Waals surface area contributed by atoms with Crippen molar-refractivity contribution in [3.63, 3.8) is 0 Å². The van der Waals surface area contributed by atoms with E-state index in [4.69, 9.17) is 0 Å². The number of rotatable bonds is 4. The summed E-state index contributed by atoms with van der Waals surface area (Å²) in [6.07, 6.45) is 5.87. The second-order valence-electron chi connectivity index (χ2n) is 7.75. The van der Waals surface area contributed by atoms with E-state index in [0.29, 0.717) is 23.9 Å². The first-order valence-electron chi connectivity index (χ1n) is 8.86. The summed E-state index contributed by atoms with van der Waals surface area (Å²) < 4.78 is 0. The minimum absolute atomic E-state index is 0.408. The molecule has 0 spiro atoms. The van der Waals surface area contributed by atoms with E-state index < -0.39 is 0 Å². The quantitative estimate of drug-likeness (QED) is 0.857. The van der Waals surface area contributed by atoms with Crippen molar-refractivity contribution in [3.8, 4) is 0 Å². The molecule has 0 aliphatic carbocycles. The smallest absolute Gasteiger partial charge is 0.222 e. The largest absolute Gasteiger partial charge is 0.340 e. The number of carbonyl (C=O) groups is 1. The minimum Gasteiger partial charge on any atom is -0.340 e. The second-order valence-corrected chi connectivity index (χ2v) is 7.75. The van der Waals surface area contributed by atoms with Crippen LogP contribution in [0, 0.1) is 11.8 Å². The van der Waals surface area contributed by atoms with Crippen molar-refractivity contribution >= 4 is 5.91 Å². The van der Waals surface area contributed by atoms with Crippen molar-refractivity contribution < 1.29 is 4.79 Å². The molecule has 0 aromatic carbocycles. The summed E-state index contributed by atoms with van der Waals surface area (Å²) in [6.45, 7) is 9.68. The van der Waals surface area contributed by atoms with Gasteiger partial charge >= 0.3 is 0 Å². The monoisotopic (exact) mass is 293 g/mol. The fourth-order valence-corrected chi connectivity index (χ4v) is 4.41. The summed E-state index contributed by atoms with van der Waals surface area (Å²) in [4.78, 5) is 17.1. The summed E-state index contributed by atoms with van der Waals surface area (Å²) >= 11 is 0. The Kier molecular flexibility index (Phi) is 4.85. The van der Waals surface area contributed by atoms with Crippen molar-refractivity contribution in [2.24, 2.45) is 11.8 Å². The Morgan fingerprint density at radius 2 is 1.71 bits per heavy atom. The van der Waals surface area contributed by atoms with Gasteiger partial charge in [0, 0.05) is 51.2 Å². The Balaban J connectivity index is 1.42. The molecule has 3 saturated heterocycles. The lowest BCUT2D eigenvalue weighted by atomic mass is 9.89. The lowest BCUT2D eigenvalue weighted by Gasteiger charge is -2.37. The van der Waals surface area contributed by atoms with Gasteiger partial charge in [0.2, 0.25) is 5.91 Å². The van der Waals surface area contributed by atoms with Crippen LogP contribution < -0.4 is 5.32 Å². The zero-order valence-corrected chi connectivity index (χ0v) is 13.7. The fourth-order valence-electron chi connectivity index (χ4n) is 4.41. The van der Waals surface area contributed by atoms with Crippen LogP contribution in [0.1, 0.15) is 46.0 Å². The highest BCUT2D eigenvalue weighted by atomic mass is 16.2. The highest BCUT2D eigenvalue weighted by Crippen LogP contribution is 2.33. The second kappa shape index (κ2) is 6.66. The number of nitrogens with zero attached hydrogens (tertiary/aromatic N) is 2. The van der Waals surface area contributed by atoms with Gasteiger partial charge in [-0.05, 0) is 37.5 Å². The molecule has 2 unspecified atom stereocenters. The van der Waals surface area contributed by atoms with Crippen LogP contribution in [0.2, 0.25) is 0 Å². The van der Waals surface area contributed by atoms with E-state index in [2.05, 4.69) is 29.0 Å². The average Bonchev–Trinajstić information content (AvgIpc) is 2.78. The van der Waals surface area contributed by atoms with E-state index in [0.717, 1.165) is 38.5 Å². The van der Waals surface area contributed by atoms with Crippen molar-refractivity contribution in [2.75, 3.05) is 32.7 Å². The van der Waals surface area contributed by atoms with Crippen LogP contribution in [0.25, 0.3) is 0 Å². The molecule has 3 aliphatic rings. The first-order chi connectivity index (χ1) is 10.1. The fraction of sp³-hybridized carbons (Fsp3) is 0.941. The normalized spacial score (nSPS) is 33.7. The summed E-state index contributed by atoms with van der Waals surface area (Å²) in [6, 6.07) is 1.40. The van der Waals surface area contributed by atoms with Gasteiger partial charge in [-0.2, -0.15) is 0 Å². The van der Waals surface area contributed by atoms with Gasteiger partial charge in [0.25, 0.3) is 0 Å². The van der Waals surface area contributed by atoms with Gasteiger partial charge in [0.05, 0.1) is 0 Å². The van der Waals surface area contributed by atoms with E-state index in [1.807, 2.05) is 0 Å². The Hall–Kier alpha value is -0.610. The number of carbonyl (C=O) groups excluding carboxylic acids is 1. The molecule has 3 fully saturated rings. The summed E-state index contributed by atoms with van der Waals surface area (Å²) in [5, 5.41) is 3.67. The summed E-state index contributed by atoms with van der Waals surface area (Å²) in [5.41, 5.74) is 0. The topological polar surface area (TPSA) is 35.6 Å². The minimum atomic E-state index is 0.408. The third kappa shape index (κ3) is 3.98. The van der Waals surface area contributed by atoms with Crippen LogP contribution in [-0.4, -0.2) is 60.5 Å². The maximum absolute atomic E-state index is 12.5. The van der Waals surface area contributed by atoms with Crippen LogP contribution in [0.5, 0.6) is 0 Å². The van der Waals surface area contributed by atoms with Crippen LogP contribution in [0.4, 0.5) is 0 Å². The van der Waals surface area contributed by atoms with Gasteiger partial charge in [-0.25, -0.2) is 0 Å². The predicted molar refractivity (Wildman–Crippen MR) is 85.1 cm³/mol. The average molecular weight is 293 g/mol. The molecule has 3 heterocycles. The molecular weight excluding hydrogens is 262 g/mol. The van der Waals surface area contributed by atoms with Gasteiger partial charge in [0.1, 0.15) is 0 Å². The molecule has 1 N–H and O–H groups in total. The van der Waals surface area contributed by atoms with Crippen molar-refractivity contribution in [2.45, 2.75) is 58.0 Å². The van der Waals surface area contributed by atoms with Crippen molar-refractivity contribution in [3.05, 3.63) is 0 Å². The first-order valence-corrected chi connectivity index (χ1v) is 8.86. The molecule has 0 aromatic rings. The number of hydrogen-bond donors (Lipinski definition) is 1. The number of piperazine rings is 1. The maximum atomic E-state index is 12.5. The van der Waals surface area contributed by atoms with E-state index in [-0.39, 0.29) is 0 Å². The van der Waals surface area contributed by atoms with E-state index in [9.17, 15) is 4.79 Å². The summed E-state index contributed by atoms with van der Waals surface area (Å²) in [5.74, 6) is 1.76. The predicted octanol–water partition coefficient (Wildman–Crippen LogP) is 1.71. The van der Waals surface area contributed by atoms with E-state index in [1.54, 1.807) is 0 Å². The van der Waals surface area contributed by atoms with E-state index >= 15 is 0 Å². The molecular formula is C17H31N3O. The molecule has 21 heavy (non-hydrogen) atoms. The molecule has 1 amide bonds. The summed E-state index contributed by atoms with van der Waals surface area (Å²) in [7, 11) is 0. The molecule has 2 bridgehead atoms. The SMILES string of the molecule is CC(C)CN1CCN(C(=O)CC2CC3CCC(C2)N3)CC1.